The second-order valence-electron chi connectivity index (χ2n) is 29.9. The zero-order chi connectivity index (χ0) is 85.2. The third-order valence-electron chi connectivity index (χ3n) is 20.4. The van der Waals surface area contributed by atoms with E-state index < -0.39 is 0 Å². The summed E-state index contributed by atoms with van der Waals surface area (Å²) >= 11 is 0. The standard InChI is InChI=1S/C21H21N5O2.C18H20N6O.C16H18N6O.C16H14N5O2.C16H17N5O2/c1-14(2)25(12-15-7-4-3-5-8-15)21(27)16-11-17(22)20-23-19(24-26(20)13-16)18-9-6-10-28-18;1-12-5-4-8-23(10-12)18(25)13-9-14(19)17-21-16(22-24(17)11-13)15-6-2-3-7-20-15;1-3-8-21(2)16(23)11-9-12(17)15-19-14(20-22(15)10-11)13-6-4-5-7-18-13;1-10-4-2-6-20(10)16(22)11-8-12(17)15-18-14(19-21(15)9-11)13-5-3-7-23-13;17-12-9-11(16(22)20-6-2-1-3-7-20)10-21-15(12)18-14(19-21)13-5-4-8-23-13/h3-11,13-14H,12,22H2,1-2H3;2-3,6-7,9,11-12H,4-5,8,10,19H2,1H3;4-7,9-10H,3,8,17H2,1-2H3;2-10H,17H2,1H3;4-5,8-10H,1-3,6-7,17H2/q;;;+1;. The highest BCUT2D eigenvalue weighted by Gasteiger charge is 2.31. The molecule has 122 heavy (non-hydrogen) atoms. The third kappa shape index (κ3) is 18.1. The van der Waals surface area contributed by atoms with Crippen molar-refractivity contribution < 1.29 is 41.8 Å². The first-order chi connectivity index (χ1) is 59.1. The van der Waals surface area contributed by atoms with Crippen LogP contribution in [-0.2, 0) is 6.54 Å². The zero-order valence-electron chi connectivity index (χ0n) is 67.9. The summed E-state index contributed by atoms with van der Waals surface area (Å²) in [5.74, 6) is 4.11. The normalized spacial score (nSPS) is 14.3. The number of nitrogens with two attached hydrogens (primary N) is 5. The fraction of sp³-hybridized carbons (Fsp3) is 0.241. The smallest absolute Gasteiger partial charge is 0.421 e. The summed E-state index contributed by atoms with van der Waals surface area (Å²) in [6.07, 6.45) is 28.3. The van der Waals surface area contributed by atoms with Gasteiger partial charge in [0.25, 0.3) is 23.6 Å². The Morgan fingerprint density at radius 1 is 0.484 bits per heavy atom. The average Bonchev–Trinajstić information content (AvgIpc) is 1.64. The molecule has 18 heterocycles. The Labute approximate surface area is 698 Å². The van der Waals surface area contributed by atoms with Gasteiger partial charge in [-0.15, -0.1) is 25.5 Å². The lowest BCUT2D eigenvalue weighted by Crippen LogP contribution is -2.39. The lowest BCUT2D eigenvalue weighted by atomic mass is 10.00. The van der Waals surface area contributed by atoms with E-state index in [-0.39, 0.29) is 41.6 Å². The van der Waals surface area contributed by atoms with Crippen LogP contribution in [-0.4, -0.2) is 195 Å². The number of carbonyl (C=O) groups excluding carboxylic acids is 5. The van der Waals surface area contributed by atoms with Crippen molar-refractivity contribution in [3.8, 4) is 57.8 Å². The molecule has 0 radical (unpaired) electrons. The Hall–Kier alpha value is -15.6. The van der Waals surface area contributed by atoms with Crippen LogP contribution in [0.15, 0.2) is 221 Å². The Balaban J connectivity index is 0.000000119. The third-order valence-corrected chi connectivity index (χ3v) is 20.4. The Morgan fingerprint density at radius 2 is 0.893 bits per heavy atom. The number of nitrogen functional groups attached to an aromatic ring is 5. The first kappa shape index (κ1) is 81.6. The molecule has 0 saturated carbocycles. The second kappa shape index (κ2) is 36.1. The molecular weight excluding hydrogens is 1550 g/mol. The molecule has 2 fully saturated rings. The predicted molar refractivity (Wildman–Crippen MR) is 459 cm³/mol. The highest BCUT2D eigenvalue weighted by atomic mass is 16.3. The summed E-state index contributed by atoms with van der Waals surface area (Å²) < 4.78 is 25.3. The molecule has 5 amide bonds. The van der Waals surface area contributed by atoms with Crippen LogP contribution >= 0.6 is 0 Å². The van der Waals surface area contributed by atoms with E-state index in [9.17, 15) is 24.0 Å². The first-order valence-corrected chi connectivity index (χ1v) is 39.9. The monoisotopic (exact) mass is 1640 g/mol. The summed E-state index contributed by atoms with van der Waals surface area (Å²) in [5.41, 5.74) is 39.9. The van der Waals surface area contributed by atoms with E-state index in [2.05, 4.69) is 67.3 Å². The van der Waals surface area contributed by atoms with Gasteiger partial charge < -0.3 is 61.5 Å². The van der Waals surface area contributed by atoms with Crippen molar-refractivity contribution in [1.82, 2.24) is 103 Å². The van der Waals surface area contributed by atoms with Gasteiger partial charge in [0, 0.05) is 109 Å². The van der Waals surface area contributed by atoms with E-state index in [4.69, 9.17) is 41.9 Å². The quantitative estimate of drug-likeness (QED) is 0.0595. The number of nitrogens with zero attached hydrogens (tertiary/aromatic N) is 22. The summed E-state index contributed by atoms with van der Waals surface area (Å²) in [7, 11) is 1.77. The molecule has 35 nitrogen and oxygen atoms in total. The van der Waals surface area contributed by atoms with Crippen LogP contribution in [0.5, 0.6) is 0 Å². The number of hydrogen-bond acceptors (Lipinski definition) is 25. The number of allylic oxidation sites excluding steroid dienone is 1. The van der Waals surface area contributed by atoms with Crippen LogP contribution in [0.2, 0.25) is 0 Å². The van der Waals surface area contributed by atoms with Gasteiger partial charge in [0.15, 0.2) is 57.8 Å². The van der Waals surface area contributed by atoms with Crippen molar-refractivity contribution >= 4 is 92.4 Å². The molecule has 3 aliphatic heterocycles. The number of carbonyl (C=O) groups is 5. The first-order valence-electron chi connectivity index (χ1n) is 39.9. The highest BCUT2D eigenvalue weighted by molar-refractivity contribution is 5.99. The Bertz CT molecular complexity index is 6490. The zero-order valence-corrected chi connectivity index (χ0v) is 67.9. The van der Waals surface area contributed by atoms with Gasteiger partial charge in [-0.05, 0) is 161 Å². The van der Waals surface area contributed by atoms with E-state index in [1.54, 1.807) is 166 Å². The van der Waals surface area contributed by atoms with Crippen molar-refractivity contribution in [3.05, 3.63) is 241 Å². The maximum Gasteiger partial charge on any atom is 0.421 e. The minimum atomic E-state index is -0.133. The number of rotatable bonds is 15. The van der Waals surface area contributed by atoms with Gasteiger partial charge in [0.2, 0.25) is 29.1 Å². The minimum Gasteiger partial charge on any atom is -0.461 e. The molecule has 2 atom stereocenters. The maximum atomic E-state index is 13.2. The molecular formula is C87H90N27O8+. The molecule has 3 aliphatic rings. The Morgan fingerprint density at radius 3 is 1.31 bits per heavy atom. The van der Waals surface area contributed by atoms with E-state index in [0.717, 1.165) is 57.4 Å². The van der Waals surface area contributed by atoms with Gasteiger partial charge in [-0.3, -0.25) is 29.1 Å². The summed E-state index contributed by atoms with van der Waals surface area (Å²) in [6.45, 7) is 14.5. The Kier molecular flexibility index (Phi) is 24.1. The van der Waals surface area contributed by atoms with Crippen molar-refractivity contribution in [2.45, 2.75) is 91.8 Å². The van der Waals surface area contributed by atoms with E-state index in [0.29, 0.717) is 161 Å². The molecule has 2 unspecified atom stereocenters. The SMILES string of the molecule is CC(C)N(Cc1ccccc1)C(=O)c1cc(N)c2nc(-c3ccco3)nn2c1.CC1C=CC=[N+]1C(=O)c1cc(N)c2nc(-c3ccco3)nn2c1.CC1CCCN(C(=O)c2cc(N)c3nc(-c4ccccn4)nn3c2)C1.CCCN(C)C(=O)c1cc(N)c2nc(-c3ccccn3)nn2c1.Nc1cc(C(=O)N2CCCCC2)cn2nc(-c3ccco3)nc12. The van der Waals surface area contributed by atoms with Gasteiger partial charge in [-0.2, -0.15) is 4.58 Å². The van der Waals surface area contributed by atoms with Gasteiger partial charge in [0.1, 0.15) is 17.0 Å². The summed E-state index contributed by atoms with van der Waals surface area (Å²) in [5, 5.41) is 21.9. The predicted octanol–water partition coefficient (Wildman–Crippen LogP) is 11.7. The van der Waals surface area contributed by atoms with E-state index in [1.165, 1.54) is 26.4 Å². The second-order valence-corrected chi connectivity index (χ2v) is 29.9. The molecule has 15 aromatic heterocycles. The van der Waals surface area contributed by atoms with Gasteiger partial charge in [0.05, 0.1) is 69.5 Å². The van der Waals surface area contributed by atoms with Crippen LogP contribution in [0.4, 0.5) is 28.4 Å². The van der Waals surface area contributed by atoms with Crippen molar-refractivity contribution in [1.29, 1.82) is 0 Å². The number of hydrogen-bond donors (Lipinski definition) is 5. The molecule has 16 aromatic rings. The van der Waals surface area contributed by atoms with Crippen LogP contribution in [0.25, 0.3) is 86.0 Å². The van der Waals surface area contributed by atoms with Crippen LogP contribution in [0.1, 0.15) is 130 Å². The summed E-state index contributed by atoms with van der Waals surface area (Å²) in [6, 6.07) is 39.9. The molecule has 0 aliphatic carbocycles. The van der Waals surface area contributed by atoms with Gasteiger partial charge in [-0.25, -0.2) is 52.3 Å². The van der Waals surface area contributed by atoms with Crippen molar-refractivity contribution in [2.75, 3.05) is 68.4 Å². The van der Waals surface area contributed by atoms with Crippen LogP contribution in [0, 0.1) is 5.92 Å². The van der Waals surface area contributed by atoms with E-state index in [1.807, 2.05) is 116 Å². The molecule has 0 bridgehead atoms. The van der Waals surface area contributed by atoms with E-state index >= 15 is 0 Å². The lowest BCUT2D eigenvalue weighted by Gasteiger charge is -2.31. The fourth-order valence-corrected chi connectivity index (χ4v) is 14.2. The van der Waals surface area contributed by atoms with Crippen LogP contribution < -0.4 is 28.7 Å². The highest BCUT2D eigenvalue weighted by Crippen LogP contribution is 2.29. The topological polar surface area (TPSA) is 448 Å². The number of pyridine rings is 7. The number of piperidine rings is 2. The molecule has 10 N–H and O–H groups in total. The fourth-order valence-electron chi connectivity index (χ4n) is 14.2. The number of fused-ring (bicyclic) bond motifs is 5. The van der Waals surface area contributed by atoms with Crippen molar-refractivity contribution in [3.63, 3.8) is 0 Å². The molecule has 35 heteroatoms. The van der Waals surface area contributed by atoms with Crippen molar-refractivity contribution in [2.24, 2.45) is 5.92 Å². The molecule has 620 valence electrons. The minimum absolute atomic E-state index is 0.00460. The van der Waals surface area contributed by atoms with Crippen LogP contribution in [0.3, 0.4) is 0 Å². The number of furan rings is 3. The molecule has 2 saturated heterocycles. The number of likely N-dealkylation sites (tertiary alicyclic amines) is 2. The summed E-state index contributed by atoms with van der Waals surface area (Å²) in [4.78, 5) is 101. The number of aromatic nitrogens is 17. The maximum absolute atomic E-state index is 13.2. The average molecular weight is 1640 g/mol. The number of benzene rings is 1. The van der Waals surface area contributed by atoms with Gasteiger partial charge >= 0.3 is 5.91 Å². The molecule has 1 aromatic carbocycles. The molecule has 19 rings (SSSR count). The van der Waals surface area contributed by atoms with Gasteiger partial charge in [-0.1, -0.05) is 56.3 Å². The lowest BCUT2D eigenvalue weighted by molar-refractivity contribution is -0.444. The largest absolute Gasteiger partial charge is 0.461 e. The number of anilines is 5. The number of amides is 5. The molecule has 0 spiro atoms.